The maximum atomic E-state index is 12.8. The Bertz CT molecular complexity index is 116. The van der Waals surface area contributed by atoms with Gasteiger partial charge in [0, 0.05) is 0 Å². The molecule has 0 fully saturated rings. The van der Waals surface area contributed by atoms with Gasteiger partial charge in [-0.15, -0.1) is 0 Å². The predicted molar refractivity (Wildman–Crippen MR) is 37.0 cm³/mol. The molecule has 0 saturated heterocycles. The van der Waals surface area contributed by atoms with E-state index in [4.69, 9.17) is 0 Å². The summed E-state index contributed by atoms with van der Waals surface area (Å²) in [7, 11) is 0. The quantitative estimate of drug-likeness (QED) is 0.476. The molecule has 0 saturated carbocycles. The summed E-state index contributed by atoms with van der Waals surface area (Å²) in [6.45, 7) is 4.15. The lowest BCUT2D eigenvalue weighted by Crippen LogP contribution is -2.14. The highest BCUT2D eigenvalue weighted by Gasteiger charge is 2.24. The third-order valence-corrected chi connectivity index (χ3v) is 1.99. The number of hydrogen-bond donors (Lipinski definition) is 0. The summed E-state index contributed by atoms with van der Waals surface area (Å²) in [5, 5.41) is 0. The van der Waals surface area contributed by atoms with Gasteiger partial charge in [-0.2, -0.15) is 0 Å². The second-order valence-corrected chi connectivity index (χ2v) is 3.02. The average Bonchev–Trinajstić information content (AvgIpc) is 2.13. The van der Waals surface area contributed by atoms with Crippen molar-refractivity contribution in [1.29, 1.82) is 0 Å². The maximum absolute atomic E-state index is 12.8. The number of allylic oxidation sites excluding steroid dienone is 2. The van der Waals surface area contributed by atoms with Crippen LogP contribution in [-0.4, -0.2) is 6.17 Å². The van der Waals surface area contributed by atoms with Crippen molar-refractivity contribution in [2.45, 2.75) is 26.4 Å². The summed E-state index contributed by atoms with van der Waals surface area (Å²) in [5.74, 6) is 0.736. The zero-order chi connectivity index (χ0) is 6.85. The van der Waals surface area contributed by atoms with Gasteiger partial charge in [0.1, 0.15) is 6.17 Å². The van der Waals surface area contributed by atoms with E-state index in [1.807, 2.05) is 6.08 Å². The first-order valence-corrected chi connectivity index (χ1v) is 3.52. The van der Waals surface area contributed by atoms with Crippen LogP contribution in [0.2, 0.25) is 0 Å². The van der Waals surface area contributed by atoms with Crippen LogP contribution in [0, 0.1) is 11.8 Å². The van der Waals surface area contributed by atoms with Crippen molar-refractivity contribution in [2.24, 2.45) is 11.8 Å². The molecule has 1 aliphatic carbocycles. The van der Waals surface area contributed by atoms with E-state index >= 15 is 0 Å². The molecule has 0 radical (unpaired) electrons. The van der Waals surface area contributed by atoms with Crippen LogP contribution in [0.15, 0.2) is 12.2 Å². The van der Waals surface area contributed by atoms with Crippen molar-refractivity contribution < 1.29 is 4.39 Å². The molecule has 2 atom stereocenters. The lowest BCUT2D eigenvalue weighted by molar-refractivity contribution is 0.241. The monoisotopic (exact) mass is 128 g/mol. The summed E-state index contributed by atoms with van der Waals surface area (Å²) >= 11 is 0. The van der Waals surface area contributed by atoms with Gasteiger partial charge >= 0.3 is 0 Å². The molecule has 0 amide bonds. The average molecular weight is 128 g/mol. The molecule has 0 heterocycles. The summed E-state index contributed by atoms with van der Waals surface area (Å²) < 4.78 is 12.8. The first-order valence-electron chi connectivity index (χ1n) is 3.52. The van der Waals surface area contributed by atoms with Gasteiger partial charge in [0.2, 0.25) is 0 Å². The molecule has 0 aliphatic heterocycles. The molecular weight excluding hydrogens is 115 g/mol. The van der Waals surface area contributed by atoms with Crippen molar-refractivity contribution >= 4 is 0 Å². The molecule has 0 aromatic heterocycles. The molecule has 0 spiro atoms. The van der Waals surface area contributed by atoms with Crippen LogP contribution in [0.25, 0.3) is 0 Å². The molecular formula is C8H13F. The normalized spacial score (nSPS) is 34.2. The van der Waals surface area contributed by atoms with E-state index in [0.29, 0.717) is 5.92 Å². The van der Waals surface area contributed by atoms with E-state index in [1.54, 1.807) is 6.08 Å². The molecule has 0 bridgehead atoms. The molecule has 0 aromatic rings. The van der Waals surface area contributed by atoms with Gasteiger partial charge in [-0.25, -0.2) is 4.39 Å². The van der Waals surface area contributed by atoms with Crippen LogP contribution in [0.4, 0.5) is 4.39 Å². The van der Waals surface area contributed by atoms with Gasteiger partial charge in [0.15, 0.2) is 0 Å². The summed E-state index contributed by atoms with van der Waals surface area (Å²) in [6.07, 6.45) is 3.86. The van der Waals surface area contributed by atoms with E-state index in [9.17, 15) is 4.39 Å². The van der Waals surface area contributed by atoms with E-state index in [1.165, 1.54) is 0 Å². The van der Waals surface area contributed by atoms with Crippen molar-refractivity contribution in [3.05, 3.63) is 12.2 Å². The molecule has 9 heavy (non-hydrogen) atoms. The SMILES string of the molecule is CC(C)C1CC=CC1F. The van der Waals surface area contributed by atoms with E-state index < -0.39 is 6.17 Å². The Balaban J connectivity index is 2.45. The van der Waals surface area contributed by atoms with Gasteiger partial charge in [-0.3, -0.25) is 0 Å². The summed E-state index contributed by atoms with van der Waals surface area (Å²) in [4.78, 5) is 0. The lowest BCUT2D eigenvalue weighted by Gasteiger charge is -2.15. The maximum Gasteiger partial charge on any atom is 0.122 e. The Kier molecular flexibility index (Phi) is 1.89. The van der Waals surface area contributed by atoms with Crippen molar-refractivity contribution in [1.82, 2.24) is 0 Å². The zero-order valence-corrected chi connectivity index (χ0v) is 5.97. The van der Waals surface area contributed by atoms with E-state index in [2.05, 4.69) is 13.8 Å². The first-order chi connectivity index (χ1) is 4.22. The highest BCUT2D eigenvalue weighted by Crippen LogP contribution is 2.28. The predicted octanol–water partition coefficient (Wildman–Crippen LogP) is 2.56. The zero-order valence-electron chi connectivity index (χ0n) is 5.97. The fourth-order valence-electron chi connectivity index (χ4n) is 1.28. The Morgan fingerprint density at radius 3 is 2.44 bits per heavy atom. The van der Waals surface area contributed by atoms with Crippen LogP contribution < -0.4 is 0 Å². The van der Waals surface area contributed by atoms with Crippen molar-refractivity contribution in [3.8, 4) is 0 Å². The Labute approximate surface area is 55.8 Å². The summed E-state index contributed by atoms with van der Waals surface area (Å²) in [6, 6.07) is 0. The molecule has 2 unspecified atom stereocenters. The topological polar surface area (TPSA) is 0 Å². The van der Waals surface area contributed by atoms with Gasteiger partial charge in [-0.1, -0.05) is 26.0 Å². The van der Waals surface area contributed by atoms with Crippen LogP contribution >= 0.6 is 0 Å². The minimum Gasteiger partial charge on any atom is -0.243 e. The lowest BCUT2D eigenvalue weighted by atomic mass is 9.93. The number of hydrogen-bond acceptors (Lipinski definition) is 0. The fourth-order valence-corrected chi connectivity index (χ4v) is 1.28. The van der Waals surface area contributed by atoms with Crippen molar-refractivity contribution in [3.63, 3.8) is 0 Å². The highest BCUT2D eigenvalue weighted by molar-refractivity contribution is 5.02. The number of alkyl halides is 1. The Morgan fingerprint density at radius 1 is 1.56 bits per heavy atom. The van der Waals surface area contributed by atoms with Gasteiger partial charge in [-0.05, 0) is 18.3 Å². The van der Waals surface area contributed by atoms with Crippen LogP contribution in [0.1, 0.15) is 20.3 Å². The number of halogens is 1. The van der Waals surface area contributed by atoms with Crippen LogP contribution in [0.3, 0.4) is 0 Å². The largest absolute Gasteiger partial charge is 0.243 e. The van der Waals surface area contributed by atoms with E-state index in [-0.39, 0.29) is 5.92 Å². The fraction of sp³-hybridized carbons (Fsp3) is 0.750. The minimum absolute atomic E-state index is 0.255. The molecule has 1 aliphatic rings. The smallest absolute Gasteiger partial charge is 0.122 e. The second kappa shape index (κ2) is 2.51. The van der Waals surface area contributed by atoms with Crippen LogP contribution in [0.5, 0.6) is 0 Å². The van der Waals surface area contributed by atoms with Gasteiger partial charge in [0.05, 0.1) is 0 Å². The standard InChI is InChI=1S/C8H13F/c1-6(2)7-4-3-5-8(7)9/h3,5-8H,4H2,1-2H3. The molecule has 1 rings (SSSR count). The molecule has 0 N–H and O–H groups in total. The Hall–Kier alpha value is -0.330. The first kappa shape index (κ1) is 6.79. The summed E-state index contributed by atoms with van der Waals surface area (Å²) in [5.41, 5.74) is 0. The number of rotatable bonds is 1. The third kappa shape index (κ3) is 1.32. The molecule has 52 valence electrons. The highest BCUT2D eigenvalue weighted by atomic mass is 19.1. The van der Waals surface area contributed by atoms with E-state index in [0.717, 1.165) is 6.42 Å². The molecule has 0 aromatic carbocycles. The Morgan fingerprint density at radius 2 is 2.22 bits per heavy atom. The third-order valence-electron chi connectivity index (χ3n) is 1.99. The van der Waals surface area contributed by atoms with Gasteiger partial charge < -0.3 is 0 Å². The van der Waals surface area contributed by atoms with Crippen LogP contribution in [-0.2, 0) is 0 Å². The van der Waals surface area contributed by atoms with Gasteiger partial charge in [0.25, 0.3) is 0 Å². The molecule has 0 nitrogen and oxygen atoms in total. The molecule has 1 heteroatoms. The second-order valence-electron chi connectivity index (χ2n) is 3.02. The van der Waals surface area contributed by atoms with Crippen molar-refractivity contribution in [2.75, 3.05) is 0 Å². The minimum atomic E-state index is -0.676.